The van der Waals surface area contributed by atoms with Gasteiger partial charge in [-0.05, 0) is 0 Å². The maximum atomic E-state index is 11.8. The van der Waals surface area contributed by atoms with Crippen LogP contribution >= 0.6 is 0 Å². The van der Waals surface area contributed by atoms with Crippen LogP contribution in [0.5, 0.6) is 0 Å². The van der Waals surface area contributed by atoms with Crippen LogP contribution in [0.4, 0.5) is 19.0 Å². The maximum absolute atomic E-state index is 11.8. The number of aromatic nitrogens is 2. The standard InChI is InChI=1S/C7H8F3N5O/c8-7(9,10)3-14-6(16)4-1-13-5(15-11)2-12-4/h1-2H,3,11H2,(H,13,15)(H,14,16). The summed E-state index contributed by atoms with van der Waals surface area (Å²) in [4.78, 5) is 18.3. The summed E-state index contributed by atoms with van der Waals surface area (Å²) in [5, 5.41) is 1.66. The summed E-state index contributed by atoms with van der Waals surface area (Å²) in [5.41, 5.74) is 1.94. The van der Waals surface area contributed by atoms with E-state index in [1.807, 2.05) is 0 Å². The molecular weight excluding hydrogens is 227 g/mol. The Bertz CT molecular complexity index is 363. The molecule has 88 valence electrons. The van der Waals surface area contributed by atoms with Crippen molar-refractivity contribution < 1.29 is 18.0 Å². The third kappa shape index (κ3) is 3.69. The second-order valence-corrected chi connectivity index (χ2v) is 2.73. The number of hydrogen-bond donors (Lipinski definition) is 3. The number of alkyl halides is 3. The van der Waals surface area contributed by atoms with Gasteiger partial charge in [0.05, 0.1) is 12.4 Å². The minimum Gasteiger partial charge on any atom is -0.342 e. The minimum absolute atomic E-state index is 0.201. The summed E-state index contributed by atoms with van der Waals surface area (Å²) in [6, 6.07) is 0. The molecule has 0 atom stereocenters. The molecule has 0 radical (unpaired) electrons. The highest BCUT2D eigenvalue weighted by molar-refractivity contribution is 5.92. The Kier molecular flexibility index (Phi) is 3.61. The SMILES string of the molecule is NNc1cnc(C(=O)NCC(F)(F)F)cn1. The van der Waals surface area contributed by atoms with Crippen LogP contribution in [0, 0.1) is 0 Å². The van der Waals surface area contributed by atoms with Crippen molar-refractivity contribution in [2.75, 3.05) is 12.0 Å². The van der Waals surface area contributed by atoms with Gasteiger partial charge in [0.25, 0.3) is 5.91 Å². The van der Waals surface area contributed by atoms with Gasteiger partial charge in [-0.3, -0.25) is 4.79 Å². The van der Waals surface area contributed by atoms with E-state index in [2.05, 4.69) is 15.4 Å². The zero-order valence-corrected chi connectivity index (χ0v) is 7.88. The fourth-order valence-electron chi connectivity index (χ4n) is 0.791. The third-order valence-electron chi connectivity index (χ3n) is 1.48. The summed E-state index contributed by atoms with van der Waals surface area (Å²) >= 11 is 0. The molecule has 1 aromatic heterocycles. The number of amides is 1. The maximum Gasteiger partial charge on any atom is 0.405 e. The summed E-state index contributed by atoms with van der Waals surface area (Å²) in [5.74, 6) is 4.24. The summed E-state index contributed by atoms with van der Waals surface area (Å²) in [6.45, 7) is -1.41. The molecule has 0 unspecified atom stereocenters. The van der Waals surface area contributed by atoms with Crippen molar-refractivity contribution in [1.82, 2.24) is 15.3 Å². The molecule has 0 saturated carbocycles. The molecule has 0 aromatic carbocycles. The highest BCUT2D eigenvalue weighted by Crippen LogP contribution is 2.12. The molecule has 1 amide bonds. The van der Waals surface area contributed by atoms with E-state index >= 15 is 0 Å². The zero-order chi connectivity index (χ0) is 12.2. The first-order chi connectivity index (χ1) is 7.42. The van der Waals surface area contributed by atoms with Crippen molar-refractivity contribution in [1.29, 1.82) is 0 Å². The third-order valence-corrected chi connectivity index (χ3v) is 1.48. The van der Waals surface area contributed by atoms with Gasteiger partial charge >= 0.3 is 6.18 Å². The number of carbonyl (C=O) groups excluding carboxylic acids is 1. The van der Waals surface area contributed by atoms with Crippen LogP contribution in [0.25, 0.3) is 0 Å². The smallest absolute Gasteiger partial charge is 0.342 e. The lowest BCUT2D eigenvalue weighted by molar-refractivity contribution is -0.123. The predicted octanol–water partition coefficient (Wildman–Crippen LogP) is 0.0543. The number of rotatable bonds is 3. The molecule has 4 N–H and O–H groups in total. The van der Waals surface area contributed by atoms with Gasteiger partial charge in [-0.2, -0.15) is 13.2 Å². The number of nitrogens with two attached hydrogens (primary N) is 1. The second-order valence-electron chi connectivity index (χ2n) is 2.73. The number of carbonyl (C=O) groups is 1. The fraction of sp³-hybridized carbons (Fsp3) is 0.286. The van der Waals surface area contributed by atoms with Crippen LogP contribution in [0.2, 0.25) is 0 Å². The molecule has 0 aliphatic carbocycles. The Hall–Kier alpha value is -1.90. The van der Waals surface area contributed by atoms with E-state index < -0.39 is 18.6 Å². The Morgan fingerprint density at radius 2 is 2.06 bits per heavy atom. The van der Waals surface area contributed by atoms with Gasteiger partial charge in [0.15, 0.2) is 5.82 Å². The average molecular weight is 235 g/mol. The van der Waals surface area contributed by atoms with Gasteiger partial charge in [0, 0.05) is 0 Å². The predicted molar refractivity (Wildman–Crippen MR) is 48.2 cm³/mol. The highest BCUT2D eigenvalue weighted by Gasteiger charge is 2.28. The Labute approximate surface area is 88.0 Å². The largest absolute Gasteiger partial charge is 0.405 e. The number of anilines is 1. The van der Waals surface area contributed by atoms with Gasteiger partial charge in [-0.25, -0.2) is 15.8 Å². The molecule has 0 bridgehead atoms. The molecule has 0 saturated heterocycles. The first-order valence-electron chi connectivity index (χ1n) is 4.06. The molecule has 0 aliphatic rings. The van der Waals surface area contributed by atoms with Gasteiger partial charge in [0.1, 0.15) is 12.2 Å². The highest BCUT2D eigenvalue weighted by atomic mass is 19.4. The lowest BCUT2D eigenvalue weighted by Crippen LogP contribution is -2.34. The van der Waals surface area contributed by atoms with Crippen LogP contribution in [-0.2, 0) is 0 Å². The summed E-state index contributed by atoms with van der Waals surface area (Å²) in [6.07, 6.45) is -2.31. The van der Waals surface area contributed by atoms with Crippen molar-refractivity contribution in [3.8, 4) is 0 Å². The minimum atomic E-state index is -4.46. The van der Waals surface area contributed by atoms with E-state index in [-0.39, 0.29) is 11.5 Å². The molecule has 0 aliphatic heterocycles. The van der Waals surface area contributed by atoms with Gasteiger partial charge < -0.3 is 10.7 Å². The summed E-state index contributed by atoms with van der Waals surface area (Å²) in [7, 11) is 0. The average Bonchev–Trinajstić information content (AvgIpc) is 2.25. The first-order valence-corrected chi connectivity index (χ1v) is 4.06. The Morgan fingerprint density at radius 1 is 1.38 bits per heavy atom. The van der Waals surface area contributed by atoms with Gasteiger partial charge in [0.2, 0.25) is 0 Å². The van der Waals surface area contributed by atoms with Crippen LogP contribution in [0.3, 0.4) is 0 Å². The van der Waals surface area contributed by atoms with E-state index in [9.17, 15) is 18.0 Å². The molecule has 1 rings (SSSR count). The van der Waals surface area contributed by atoms with Crippen LogP contribution in [-0.4, -0.2) is 28.6 Å². The van der Waals surface area contributed by atoms with E-state index in [0.29, 0.717) is 0 Å². The molecule has 16 heavy (non-hydrogen) atoms. The molecule has 6 nitrogen and oxygen atoms in total. The number of halogens is 3. The molecular formula is C7H8F3N5O. The van der Waals surface area contributed by atoms with E-state index in [0.717, 1.165) is 12.4 Å². The van der Waals surface area contributed by atoms with E-state index in [1.165, 1.54) is 0 Å². The van der Waals surface area contributed by atoms with Crippen LogP contribution < -0.4 is 16.6 Å². The topological polar surface area (TPSA) is 92.9 Å². The van der Waals surface area contributed by atoms with Crippen molar-refractivity contribution in [2.45, 2.75) is 6.18 Å². The molecule has 1 aromatic rings. The van der Waals surface area contributed by atoms with Crippen molar-refractivity contribution >= 4 is 11.7 Å². The number of nitrogens with one attached hydrogen (secondary N) is 2. The number of hydrazine groups is 1. The van der Waals surface area contributed by atoms with Crippen LogP contribution in [0.15, 0.2) is 12.4 Å². The van der Waals surface area contributed by atoms with Crippen molar-refractivity contribution in [3.63, 3.8) is 0 Å². The fourth-order valence-corrected chi connectivity index (χ4v) is 0.791. The van der Waals surface area contributed by atoms with Gasteiger partial charge in [-0.1, -0.05) is 0 Å². The van der Waals surface area contributed by atoms with Crippen molar-refractivity contribution in [2.24, 2.45) is 5.84 Å². The Morgan fingerprint density at radius 3 is 2.50 bits per heavy atom. The summed E-state index contributed by atoms with van der Waals surface area (Å²) < 4.78 is 35.3. The molecule has 9 heteroatoms. The lowest BCUT2D eigenvalue weighted by atomic mass is 10.4. The lowest BCUT2D eigenvalue weighted by Gasteiger charge is -2.07. The molecule has 0 fully saturated rings. The van der Waals surface area contributed by atoms with Gasteiger partial charge in [-0.15, -0.1) is 0 Å². The quantitative estimate of drug-likeness (QED) is 0.508. The second kappa shape index (κ2) is 4.75. The number of nitrogen functional groups attached to an aromatic ring is 1. The van der Waals surface area contributed by atoms with E-state index in [4.69, 9.17) is 5.84 Å². The van der Waals surface area contributed by atoms with E-state index in [1.54, 1.807) is 5.32 Å². The monoisotopic (exact) mass is 235 g/mol. The molecule has 1 heterocycles. The Balaban J connectivity index is 2.59. The van der Waals surface area contributed by atoms with Crippen molar-refractivity contribution in [3.05, 3.63) is 18.1 Å². The first kappa shape index (κ1) is 12.2. The zero-order valence-electron chi connectivity index (χ0n) is 7.88. The number of hydrogen-bond acceptors (Lipinski definition) is 5. The van der Waals surface area contributed by atoms with Crippen LogP contribution in [0.1, 0.15) is 10.5 Å². The number of nitrogens with zero attached hydrogens (tertiary/aromatic N) is 2. The molecule has 0 spiro atoms. The normalized spacial score (nSPS) is 11.0.